The lowest BCUT2D eigenvalue weighted by Crippen LogP contribution is -2.15. The highest BCUT2D eigenvalue weighted by Gasteiger charge is 2.07. The topological polar surface area (TPSA) is 75.7 Å². The van der Waals surface area contributed by atoms with Gasteiger partial charge in [0, 0.05) is 13.2 Å². The standard InChI is InChI=1S/C9H13NO3/c1-13-5-9(10)6-2-7(11)4-8(12)3-6/h2-4,9,11-12H,5,10H2,1H3/t9-/m0/s1. The molecule has 4 N–H and O–H groups in total. The highest BCUT2D eigenvalue weighted by Crippen LogP contribution is 2.23. The van der Waals surface area contributed by atoms with E-state index in [9.17, 15) is 0 Å². The van der Waals surface area contributed by atoms with Crippen LogP contribution in [0.15, 0.2) is 18.2 Å². The van der Waals surface area contributed by atoms with Crippen molar-refractivity contribution < 1.29 is 14.9 Å². The molecule has 0 radical (unpaired) electrons. The van der Waals surface area contributed by atoms with Gasteiger partial charge in [0.15, 0.2) is 0 Å². The lowest BCUT2D eigenvalue weighted by atomic mass is 10.1. The minimum absolute atomic E-state index is 0.00144. The summed E-state index contributed by atoms with van der Waals surface area (Å²) in [6.07, 6.45) is 0. The van der Waals surface area contributed by atoms with E-state index < -0.39 is 0 Å². The average molecular weight is 183 g/mol. The molecule has 0 saturated carbocycles. The van der Waals surface area contributed by atoms with Crippen LogP contribution in [0.5, 0.6) is 11.5 Å². The average Bonchev–Trinajstić information content (AvgIpc) is 2.03. The molecule has 0 unspecified atom stereocenters. The number of methoxy groups -OCH3 is 1. The van der Waals surface area contributed by atoms with Crippen LogP contribution in [0.1, 0.15) is 11.6 Å². The molecule has 0 heterocycles. The van der Waals surface area contributed by atoms with Crippen LogP contribution >= 0.6 is 0 Å². The largest absolute Gasteiger partial charge is 0.508 e. The number of phenolic OH excluding ortho intramolecular Hbond substituents is 2. The maximum Gasteiger partial charge on any atom is 0.119 e. The summed E-state index contributed by atoms with van der Waals surface area (Å²) in [6, 6.07) is 3.93. The molecule has 0 aliphatic carbocycles. The van der Waals surface area contributed by atoms with Crippen LogP contribution in [0.25, 0.3) is 0 Å². The molecule has 4 nitrogen and oxygen atoms in total. The second kappa shape index (κ2) is 4.11. The van der Waals surface area contributed by atoms with Crippen molar-refractivity contribution in [3.63, 3.8) is 0 Å². The number of hydrogen-bond donors (Lipinski definition) is 3. The summed E-state index contributed by atoms with van der Waals surface area (Å²) in [5.41, 5.74) is 6.35. The molecule has 0 aliphatic rings. The number of aromatic hydroxyl groups is 2. The van der Waals surface area contributed by atoms with E-state index >= 15 is 0 Å². The zero-order chi connectivity index (χ0) is 9.84. The maximum atomic E-state index is 9.15. The van der Waals surface area contributed by atoms with Crippen LogP contribution in [-0.4, -0.2) is 23.9 Å². The van der Waals surface area contributed by atoms with Gasteiger partial charge in [-0.1, -0.05) is 0 Å². The minimum atomic E-state index is -0.331. The van der Waals surface area contributed by atoms with Crippen molar-refractivity contribution in [2.24, 2.45) is 5.73 Å². The van der Waals surface area contributed by atoms with Crippen LogP contribution < -0.4 is 5.73 Å². The van der Waals surface area contributed by atoms with E-state index in [0.717, 1.165) is 0 Å². The normalized spacial score (nSPS) is 12.8. The van der Waals surface area contributed by atoms with Crippen LogP contribution in [0.4, 0.5) is 0 Å². The van der Waals surface area contributed by atoms with Gasteiger partial charge in [-0.3, -0.25) is 0 Å². The summed E-state index contributed by atoms with van der Waals surface area (Å²) in [5, 5.41) is 18.3. The summed E-state index contributed by atoms with van der Waals surface area (Å²) in [4.78, 5) is 0. The Balaban J connectivity index is 2.87. The first-order chi connectivity index (χ1) is 6.13. The van der Waals surface area contributed by atoms with Gasteiger partial charge in [-0.15, -0.1) is 0 Å². The Morgan fingerprint density at radius 2 is 1.85 bits per heavy atom. The second-order valence-electron chi connectivity index (χ2n) is 2.84. The Bertz CT molecular complexity index is 268. The van der Waals surface area contributed by atoms with Crippen LogP contribution in [0.2, 0.25) is 0 Å². The first-order valence-electron chi connectivity index (χ1n) is 3.91. The highest BCUT2D eigenvalue weighted by atomic mass is 16.5. The summed E-state index contributed by atoms with van der Waals surface area (Å²) in [5.74, 6) is 0.00288. The molecule has 1 aromatic carbocycles. The number of ether oxygens (including phenoxy) is 1. The van der Waals surface area contributed by atoms with Crippen molar-refractivity contribution in [3.8, 4) is 11.5 Å². The number of nitrogens with two attached hydrogens (primary N) is 1. The molecule has 72 valence electrons. The van der Waals surface area contributed by atoms with Crippen LogP contribution in [0.3, 0.4) is 0 Å². The third-order valence-corrected chi connectivity index (χ3v) is 1.70. The zero-order valence-corrected chi connectivity index (χ0v) is 7.40. The summed E-state index contributed by atoms with van der Waals surface area (Å²) in [6.45, 7) is 0.350. The number of benzene rings is 1. The fourth-order valence-corrected chi connectivity index (χ4v) is 1.11. The summed E-state index contributed by atoms with van der Waals surface area (Å²) < 4.78 is 4.85. The van der Waals surface area contributed by atoms with Gasteiger partial charge in [0.05, 0.1) is 12.6 Å². The lowest BCUT2D eigenvalue weighted by molar-refractivity contribution is 0.180. The van der Waals surface area contributed by atoms with E-state index in [1.54, 1.807) is 7.11 Å². The van der Waals surface area contributed by atoms with E-state index in [1.807, 2.05) is 0 Å². The third kappa shape index (κ3) is 2.61. The fourth-order valence-electron chi connectivity index (χ4n) is 1.11. The molecular weight excluding hydrogens is 170 g/mol. The predicted molar refractivity (Wildman–Crippen MR) is 48.6 cm³/mol. The van der Waals surface area contributed by atoms with E-state index in [0.29, 0.717) is 12.2 Å². The minimum Gasteiger partial charge on any atom is -0.508 e. The molecule has 13 heavy (non-hydrogen) atoms. The van der Waals surface area contributed by atoms with Gasteiger partial charge >= 0.3 is 0 Å². The van der Waals surface area contributed by atoms with Crippen LogP contribution in [0, 0.1) is 0 Å². The van der Waals surface area contributed by atoms with Crippen molar-refractivity contribution in [3.05, 3.63) is 23.8 Å². The van der Waals surface area contributed by atoms with Gasteiger partial charge in [0.25, 0.3) is 0 Å². The number of phenols is 2. The van der Waals surface area contributed by atoms with Gasteiger partial charge in [0.1, 0.15) is 11.5 Å². The maximum absolute atomic E-state index is 9.15. The Morgan fingerprint density at radius 3 is 2.31 bits per heavy atom. The van der Waals surface area contributed by atoms with Crippen molar-refractivity contribution >= 4 is 0 Å². The Hall–Kier alpha value is -1.26. The zero-order valence-electron chi connectivity index (χ0n) is 7.40. The van der Waals surface area contributed by atoms with E-state index in [-0.39, 0.29) is 17.5 Å². The molecule has 0 fully saturated rings. The Morgan fingerprint density at radius 1 is 1.31 bits per heavy atom. The highest BCUT2D eigenvalue weighted by molar-refractivity contribution is 5.38. The third-order valence-electron chi connectivity index (χ3n) is 1.70. The first kappa shape index (κ1) is 9.83. The van der Waals surface area contributed by atoms with E-state index in [1.165, 1.54) is 18.2 Å². The van der Waals surface area contributed by atoms with Crippen molar-refractivity contribution in [1.29, 1.82) is 0 Å². The SMILES string of the molecule is COC[C@H](N)c1cc(O)cc(O)c1. The summed E-state index contributed by atoms with van der Waals surface area (Å²) >= 11 is 0. The molecule has 0 saturated heterocycles. The monoisotopic (exact) mass is 183 g/mol. The number of rotatable bonds is 3. The molecule has 1 rings (SSSR count). The van der Waals surface area contributed by atoms with Crippen molar-refractivity contribution in [2.45, 2.75) is 6.04 Å². The second-order valence-corrected chi connectivity index (χ2v) is 2.84. The van der Waals surface area contributed by atoms with E-state index in [2.05, 4.69) is 0 Å². The van der Waals surface area contributed by atoms with Crippen LogP contribution in [-0.2, 0) is 4.74 Å². The quantitative estimate of drug-likeness (QED) is 0.646. The van der Waals surface area contributed by atoms with Gasteiger partial charge in [-0.05, 0) is 17.7 Å². The Labute approximate surface area is 76.6 Å². The first-order valence-corrected chi connectivity index (χ1v) is 3.91. The molecule has 0 amide bonds. The molecule has 0 aliphatic heterocycles. The van der Waals surface area contributed by atoms with Gasteiger partial charge in [0.2, 0.25) is 0 Å². The van der Waals surface area contributed by atoms with Gasteiger partial charge in [-0.2, -0.15) is 0 Å². The van der Waals surface area contributed by atoms with Gasteiger partial charge < -0.3 is 20.7 Å². The lowest BCUT2D eigenvalue weighted by Gasteiger charge is -2.11. The molecule has 1 aromatic rings. The van der Waals surface area contributed by atoms with Crippen molar-refractivity contribution in [1.82, 2.24) is 0 Å². The molecular formula is C9H13NO3. The fraction of sp³-hybridized carbons (Fsp3) is 0.333. The van der Waals surface area contributed by atoms with Gasteiger partial charge in [-0.25, -0.2) is 0 Å². The molecule has 0 bridgehead atoms. The molecule has 4 heteroatoms. The molecule has 1 atom stereocenters. The predicted octanol–water partition coefficient (Wildman–Crippen LogP) is 0.744. The summed E-state index contributed by atoms with van der Waals surface area (Å²) in [7, 11) is 1.54. The van der Waals surface area contributed by atoms with Crippen molar-refractivity contribution in [2.75, 3.05) is 13.7 Å². The molecule has 0 aromatic heterocycles. The Kier molecular flexibility index (Phi) is 3.11. The van der Waals surface area contributed by atoms with E-state index in [4.69, 9.17) is 20.7 Å². The smallest absolute Gasteiger partial charge is 0.119 e. The molecule has 0 spiro atoms. The number of hydrogen-bond acceptors (Lipinski definition) is 4.